The molecule has 1 amide bonds. The molecular formula is C21H29BrF2N2O5SSi. The molecule has 0 spiro atoms. The summed E-state index contributed by atoms with van der Waals surface area (Å²) in [5, 5.41) is 22.3. The summed E-state index contributed by atoms with van der Waals surface area (Å²) >= 11 is 4.23. The molecule has 0 bridgehead atoms. The minimum atomic E-state index is -1.75. The van der Waals surface area contributed by atoms with E-state index in [1.54, 1.807) is 0 Å². The molecule has 1 heterocycles. The number of amides is 1. The van der Waals surface area contributed by atoms with E-state index in [0.29, 0.717) is 11.1 Å². The highest BCUT2D eigenvalue weighted by atomic mass is 79.9. The van der Waals surface area contributed by atoms with Crippen molar-refractivity contribution < 1.29 is 33.3 Å². The van der Waals surface area contributed by atoms with Crippen molar-refractivity contribution in [2.75, 3.05) is 33.2 Å². The highest BCUT2D eigenvalue weighted by Gasteiger charge is 2.76. The fourth-order valence-corrected chi connectivity index (χ4v) is 6.87. The molecule has 2 aliphatic rings. The number of hydrogen-bond donors (Lipinski definition) is 3. The van der Waals surface area contributed by atoms with Gasteiger partial charge < -0.3 is 19.7 Å². The average Bonchev–Trinajstić information content (AvgIpc) is 3.42. The normalized spacial score (nSPS) is 28.7. The standard InChI is InChI=1S/C21H29BrF2N2O5SSi/c1-33(2,3)7-6-30-12-25-18(29)31-19-26-20(10-23,14-8-13(22)4-5-16(14)24)17-15(9-27)21(17,11-28)32-19/h4-5,8,15,17,27-28H,6-7,9-12H2,1-3H3,(H,25,29)/t15?,17-,20+,21+/m0/s1. The first kappa shape index (κ1) is 26.5. The molecule has 1 aromatic carbocycles. The van der Waals surface area contributed by atoms with Crippen LogP contribution >= 0.6 is 27.7 Å². The van der Waals surface area contributed by atoms with Crippen molar-refractivity contribution in [3.05, 3.63) is 34.1 Å². The van der Waals surface area contributed by atoms with Gasteiger partial charge in [0.2, 0.25) is 0 Å². The lowest BCUT2D eigenvalue weighted by molar-refractivity contribution is 0.120. The summed E-state index contributed by atoms with van der Waals surface area (Å²) in [6.07, 6.45) is -0.857. The molecular weight excluding hydrogens is 538 g/mol. The van der Waals surface area contributed by atoms with Crippen LogP contribution in [-0.4, -0.2) is 67.6 Å². The van der Waals surface area contributed by atoms with Crippen molar-refractivity contribution in [1.82, 2.24) is 5.32 Å². The van der Waals surface area contributed by atoms with E-state index in [1.165, 1.54) is 18.2 Å². The number of thioether (sulfide) groups is 1. The zero-order valence-corrected chi connectivity index (χ0v) is 22.1. The predicted octanol–water partition coefficient (Wildman–Crippen LogP) is 3.86. The van der Waals surface area contributed by atoms with E-state index in [2.05, 4.69) is 45.9 Å². The van der Waals surface area contributed by atoms with Crippen molar-refractivity contribution >= 4 is 47.1 Å². The van der Waals surface area contributed by atoms with Crippen molar-refractivity contribution in [3.8, 4) is 0 Å². The molecule has 184 valence electrons. The van der Waals surface area contributed by atoms with Crippen LogP contribution in [0.4, 0.5) is 13.6 Å². The number of carbonyl (C=O) groups is 1. The first-order chi connectivity index (χ1) is 15.5. The van der Waals surface area contributed by atoms with Crippen LogP contribution in [0.3, 0.4) is 0 Å². The summed E-state index contributed by atoms with van der Waals surface area (Å²) in [6.45, 7) is 5.20. The summed E-state index contributed by atoms with van der Waals surface area (Å²) in [7, 11) is -1.26. The highest BCUT2D eigenvalue weighted by Crippen LogP contribution is 2.70. The van der Waals surface area contributed by atoms with E-state index in [0.717, 1.165) is 17.8 Å². The number of aliphatic imine (C=N–C) groups is 1. The van der Waals surface area contributed by atoms with Gasteiger partial charge in [0, 0.05) is 43.2 Å². The van der Waals surface area contributed by atoms with Crippen LogP contribution < -0.4 is 5.32 Å². The highest BCUT2D eigenvalue weighted by molar-refractivity contribution is 9.10. The lowest BCUT2D eigenvalue weighted by Crippen LogP contribution is -2.41. The molecule has 3 N–H and O–H groups in total. The number of halogens is 3. The fourth-order valence-electron chi connectivity index (χ4n) is 4.26. The number of ether oxygens (including phenoxy) is 2. The number of alkyl halides is 1. The van der Waals surface area contributed by atoms with Gasteiger partial charge in [-0.1, -0.05) is 47.3 Å². The van der Waals surface area contributed by atoms with E-state index >= 15 is 0 Å². The molecule has 3 rings (SSSR count). The van der Waals surface area contributed by atoms with Gasteiger partial charge in [-0.05, 0) is 24.2 Å². The number of nitrogens with zero attached hydrogens (tertiary/aromatic N) is 1. The number of nitrogens with one attached hydrogen (secondary N) is 1. The van der Waals surface area contributed by atoms with E-state index in [-0.39, 0.29) is 24.1 Å². The van der Waals surface area contributed by atoms with Gasteiger partial charge in [0.1, 0.15) is 24.8 Å². The van der Waals surface area contributed by atoms with E-state index < -0.39 is 55.4 Å². The van der Waals surface area contributed by atoms with E-state index in [1.807, 2.05) is 0 Å². The van der Waals surface area contributed by atoms with Gasteiger partial charge in [-0.25, -0.2) is 18.6 Å². The Bertz CT molecular complexity index is 921. The topological polar surface area (TPSA) is 100 Å². The molecule has 12 heteroatoms. The maximum atomic E-state index is 14.8. The molecule has 0 radical (unpaired) electrons. The van der Waals surface area contributed by atoms with Crippen LogP contribution in [0, 0.1) is 17.7 Å². The Morgan fingerprint density at radius 3 is 2.70 bits per heavy atom. The summed E-state index contributed by atoms with van der Waals surface area (Å²) in [5.41, 5.74) is -1.78. The molecule has 1 unspecified atom stereocenters. The Kier molecular flexibility index (Phi) is 8.27. The van der Waals surface area contributed by atoms with Crippen LogP contribution in [0.5, 0.6) is 0 Å². The maximum Gasteiger partial charge on any atom is 0.416 e. The number of rotatable bonds is 9. The minimum Gasteiger partial charge on any atom is -0.396 e. The molecule has 0 saturated heterocycles. The lowest BCUT2D eigenvalue weighted by Gasteiger charge is -2.34. The number of benzene rings is 1. The third kappa shape index (κ3) is 5.45. The lowest BCUT2D eigenvalue weighted by atomic mass is 9.84. The maximum absolute atomic E-state index is 14.8. The van der Waals surface area contributed by atoms with Crippen LogP contribution in [-0.2, 0) is 15.0 Å². The van der Waals surface area contributed by atoms with Gasteiger partial charge in [0.25, 0.3) is 5.23 Å². The van der Waals surface area contributed by atoms with Crippen molar-refractivity contribution in [3.63, 3.8) is 0 Å². The first-order valence-electron chi connectivity index (χ1n) is 10.6. The Balaban J connectivity index is 1.81. The molecule has 1 aliphatic heterocycles. The van der Waals surface area contributed by atoms with Gasteiger partial charge in [-0.2, -0.15) is 0 Å². The molecule has 1 aliphatic carbocycles. The second-order valence-corrected chi connectivity index (χ2v) is 17.3. The van der Waals surface area contributed by atoms with Crippen LogP contribution in [0.1, 0.15) is 5.56 Å². The number of carbonyl (C=O) groups excluding carboxylic acids is 1. The van der Waals surface area contributed by atoms with Crippen LogP contribution in [0.2, 0.25) is 25.7 Å². The van der Waals surface area contributed by atoms with Gasteiger partial charge in [-0.3, -0.25) is 5.32 Å². The number of hydrogen-bond acceptors (Lipinski definition) is 7. The molecule has 4 atom stereocenters. The molecule has 1 saturated carbocycles. The quantitative estimate of drug-likeness (QED) is 0.238. The first-order valence-corrected chi connectivity index (χ1v) is 15.9. The second-order valence-electron chi connectivity index (χ2n) is 9.47. The van der Waals surface area contributed by atoms with Crippen molar-refractivity contribution in [2.45, 2.75) is 36.0 Å². The zero-order valence-electron chi connectivity index (χ0n) is 18.7. The summed E-state index contributed by atoms with van der Waals surface area (Å²) in [4.78, 5) is 16.6. The molecule has 1 aromatic rings. The molecule has 7 nitrogen and oxygen atoms in total. The number of aliphatic hydroxyl groups excluding tert-OH is 2. The number of alkyl carbamates (subject to hydrolysis) is 1. The molecule has 1 fully saturated rings. The smallest absolute Gasteiger partial charge is 0.396 e. The third-order valence-corrected chi connectivity index (χ3v) is 9.68. The molecule has 0 aromatic heterocycles. The van der Waals surface area contributed by atoms with Crippen molar-refractivity contribution in [1.29, 1.82) is 0 Å². The predicted molar refractivity (Wildman–Crippen MR) is 129 cm³/mol. The summed E-state index contributed by atoms with van der Waals surface area (Å²) in [6, 6.07) is 5.03. The molecule has 33 heavy (non-hydrogen) atoms. The van der Waals surface area contributed by atoms with Crippen LogP contribution in [0.25, 0.3) is 0 Å². The number of aliphatic hydroxyl groups is 2. The van der Waals surface area contributed by atoms with Crippen LogP contribution in [0.15, 0.2) is 27.7 Å². The van der Waals surface area contributed by atoms with Gasteiger partial charge in [-0.15, -0.1) is 0 Å². The van der Waals surface area contributed by atoms with E-state index in [9.17, 15) is 23.8 Å². The minimum absolute atomic E-state index is 0.0327. The second kappa shape index (κ2) is 10.3. The Labute approximate surface area is 205 Å². The average molecular weight is 568 g/mol. The summed E-state index contributed by atoms with van der Waals surface area (Å²) in [5.74, 6) is -1.92. The largest absolute Gasteiger partial charge is 0.416 e. The fraction of sp³-hybridized carbons (Fsp3) is 0.619. The van der Waals surface area contributed by atoms with Gasteiger partial charge >= 0.3 is 6.09 Å². The van der Waals surface area contributed by atoms with E-state index in [4.69, 9.17) is 9.47 Å². The zero-order chi connectivity index (χ0) is 24.4. The van der Waals surface area contributed by atoms with Gasteiger partial charge in [0.05, 0.1) is 11.4 Å². The van der Waals surface area contributed by atoms with Gasteiger partial charge in [0.15, 0.2) is 0 Å². The Hall–Kier alpha value is -1.05. The number of fused-ring (bicyclic) bond motifs is 1. The SMILES string of the molecule is C[Si](C)(C)CCOCNC(=O)OC1=N[C@](CF)(c2cc(Br)ccc2F)[C@@H]2C(CO)[C@@]2(CO)S1. The Morgan fingerprint density at radius 2 is 2.09 bits per heavy atom. The summed E-state index contributed by atoms with van der Waals surface area (Å²) < 4.78 is 39.7. The third-order valence-electron chi connectivity index (χ3n) is 6.07. The Morgan fingerprint density at radius 1 is 1.36 bits per heavy atom. The van der Waals surface area contributed by atoms with Crippen molar-refractivity contribution in [2.24, 2.45) is 16.8 Å². The monoisotopic (exact) mass is 566 g/mol.